The predicted molar refractivity (Wildman–Crippen MR) is 140 cm³/mol. The lowest BCUT2D eigenvalue weighted by Crippen LogP contribution is -2.34. The highest BCUT2D eigenvalue weighted by Gasteiger charge is 2.15. The van der Waals surface area contributed by atoms with Gasteiger partial charge in [-0.05, 0) is 78.7 Å². The highest BCUT2D eigenvalue weighted by atomic mass is 35.5. The lowest BCUT2D eigenvalue weighted by atomic mass is 10.0. The van der Waals surface area contributed by atoms with Gasteiger partial charge in [-0.3, -0.25) is 10.1 Å². The van der Waals surface area contributed by atoms with Crippen LogP contribution in [0.3, 0.4) is 0 Å². The smallest absolute Gasteiger partial charge is 0.257 e. The first-order valence-electron chi connectivity index (χ1n) is 10.7. The fraction of sp³-hybridized carbons (Fsp3) is 0.192. The Morgan fingerprint density at radius 2 is 1.91 bits per heavy atom. The molecule has 6 nitrogen and oxygen atoms in total. The topological polar surface area (TPSA) is 76.4 Å². The van der Waals surface area contributed by atoms with Crippen molar-refractivity contribution < 1.29 is 13.9 Å². The molecule has 0 spiro atoms. The van der Waals surface area contributed by atoms with Crippen LogP contribution in [0.1, 0.15) is 41.3 Å². The Kier molecular flexibility index (Phi) is 6.86. The van der Waals surface area contributed by atoms with Gasteiger partial charge in [-0.25, -0.2) is 4.98 Å². The van der Waals surface area contributed by atoms with Crippen LogP contribution in [0.2, 0.25) is 5.02 Å². The molecule has 4 rings (SSSR count). The van der Waals surface area contributed by atoms with Gasteiger partial charge in [-0.15, -0.1) is 0 Å². The van der Waals surface area contributed by atoms with E-state index in [0.29, 0.717) is 39.4 Å². The molecule has 1 amide bonds. The zero-order chi connectivity index (χ0) is 24.4. The van der Waals surface area contributed by atoms with Gasteiger partial charge in [0.25, 0.3) is 5.91 Å². The molecular formula is C26H24ClN3O3S. The summed E-state index contributed by atoms with van der Waals surface area (Å²) in [5.74, 6) is 1.06. The number of oxazole rings is 1. The summed E-state index contributed by atoms with van der Waals surface area (Å²) in [4.78, 5) is 17.2. The molecule has 34 heavy (non-hydrogen) atoms. The van der Waals surface area contributed by atoms with Gasteiger partial charge in [0.15, 0.2) is 10.7 Å². The van der Waals surface area contributed by atoms with Crippen LogP contribution in [-0.4, -0.2) is 23.1 Å². The molecule has 8 heteroatoms. The van der Waals surface area contributed by atoms with Crippen LogP contribution in [0.5, 0.6) is 5.75 Å². The molecule has 4 aromatic rings. The maximum Gasteiger partial charge on any atom is 0.257 e. The van der Waals surface area contributed by atoms with Crippen molar-refractivity contribution in [1.82, 2.24) is 10.3 Å². The number of anilines is 1. The fourth-order valence-electron chi connectivity index (χ4n) is 3.43. The zero-order valence-electron chi connectivity index (χ0n) is 19.2. The average Bonchev–Trinajstić information content (AvgIpc) is 3.24. The van der Waals surface area contributed by atoms with Gasteiger partial charge < -0.3 is 14.5 Å². The van der Waals surface area contributed by atoms with Crippen LogP contribution in [0, 0.1) is 6.92 Å². The van der Waals surface area contributed by atoms with Crippen LogP contribution < -0.4 is 15.4 Å². The Morgan fingerprint density at radius 3 is 2.62 bits per heavy atom. The second-order valence-corrected chi connectivity index (χ2v) is 9.00. The molecule has 0 fully saturated rings. The molecule has 0 bridgehead atoms. The van der Waals surface area contributed by atoms with E-state index in [0.717, 1.165) is 16.6 Å². The number of nitrogens with zero attached hydrogens (tertiary/aromatic N) is 1. The number of nitrogens with one attached hydrogen (secondary N) is 2. The van der Waals surface area contributed by atoms with Gasteiger partial charge in [0.1, 0.15) is 11.3 Å². The van der Waals surface area contributed by atoms with Crippen molar-refractivity contribution in [3.63, 3.8) is 0 Å². The minimum Gasteiger partial charge on any atom is -0.495 e. The molecule has 174 valence electrons. The molecule has 2 N–H and O–H groups in total. The third-order valence-electron chi connectivity index (χ3n) is 5.43. The van der Waals surface area contributed by atoms with Crippen LogP contribution >= 0.6 is 23.8 Å². The van der Waals surface area contributed by atoms with E-state index in [2.05, 4.69) is 29.5 Å². The van der Waals surface area contributed by atoms with Gasteiger partial charge in [-0.2, -0.15) is 0 Å². The molecule has 0 aliphatic rings. The number of methoxy groups -OCH3 is 1. The fourth-order valence-corrected chi connectivity index (χ4v) is 3.81. The molecular weight excluding hydrogens is 470 g/mol. The first-order chi connectivity index (χ1) is 16.2. The molecule has 3 aromatic carbocycles. The number of carbonyl (C=O) groups excluding carboxylic acids is 1. The molecule has 1 aromatic heterocycles. The number of aromatic nitrogens is 1. The summed E-state index contributed by atoms with van der Waals surface area (Å²) in [5.41, 5.74) is 5.31. The summed E-state index contributed by atoms with van der Waals surface area (Å²) in [5, 5.41) is 6.33. The summed E-state index contributed by atoms with van der Waals surface area (Å²) in [6, 6.07) is 16.6. The third kappa shape index (κ3) is 5.05. The number of hydrogen-bond acceptors (Lipinski definition) is 5. The van der Waals surface area contributed by atoms with E-state index in [1.54, 1.807) is 31.4 Å². The second kappa shape index (κ2) is 9.83. The van der Waals surface area contributed by atoms with Crippen molar-refractivity contribution in [2.24, 2.45) is 0 Å². The molecule has 1 heterocycles. The Bertz CT molecular complexity index is 1400. The van der Waals surface area contributed by atoms with Gasteiger partial charge in [0.2, 0.25) is 5.89 Å². The summed E-state index contributed by atoms with van der Waals surface area (Å²) in [6.45, 7) is 6.15. The quantitative estimate of drug-likeness (QED) is 0.301. The highest BCUT2D eigenvalue weighted by molar-refractivity contribution is 7.80. The van der Waals surface area contributed by atoms with E-state index in [1.165, 1.54) is 5.56 Å². The molecule has 0 saturated carbocycles. The normalized spacial score (nSPS) is 11.0. The highest BCUT2D eigenvalue weighted by Crippen LogP contribution is 2.32. The van der Waals surface area contributed by atoms with Crippen LogP contribution in [0.4, 0.5) is 5.69 Å². The average molecular weight is 494 g/mol. The molecule has 0 aliphatic heterocycles. The zero-order valence-corrected chi connectivity index (χ0v) is 20.8. The van der Waals surface area contributed by atoms with E-state index < -0.39 is 0 Å². The first kappa shape index (κ1) is 23.7. The first-order valence-corrected chi connectivity index (χ1v) is 11.5. The van der Waals surface area contributed by atoms with Gasteiger partial charge >= 0.3 is 0 Å². The number of aryl methyl sites for hydroxylation is 1. The number of hydrogen-bond donors (Lipinski definition) is 2. The van der Waals surface area contributed by atoms with Crippen molar-refractivity contribution in [3.8, 4) is 17.2 Å². The van der Waals surface area contributed by atoms with Gasteiger partial charge in [0, 0.05) is 16.1 Å². The molecule has 0 atom stereocenters. The summed E-state index contributed by atoms with van der Waals surface area (Å²) < 4.78 is 11.4. The number of halogens is 1. The van der Waals surface area contributed by atoms with Crippen molar-refractivity contribution in [2.75, 3.05) is 12.4 Å². The van der Waals surface area contributed by atoms with Gasteiger partial charge in [0.05, 0.1) is 12.8 Å². The van der Waals surface area contributed by atoms with Gasteiger partial charge in [-0.1, -0.05) is 37.6 Å². The van der Waals surface area contributed by atoms with Crippen LogP contribution in [0.25, 0.3) is 22.6 Å². The molecule has 0 unspecified atom stereocenters. The number of ether oxygens (including phenoxy) is 1. The van der Waals surface area contributed by atoms with E-state index in [1.807, 2.05) is 37.3 Å². The number of benzene rings is 3. The summed E-state index contributed by atoms with van der Waals surface area (Å²) >= 11 is 11.5. The van der Waals surface area contributed by atoms with Crippen LogP contribution in [0.15, 0.2) is 59.0 Å². The standard InChI is InChI=1S/C26H24ClN3O3S/c1-14(2)16-7-10-23-21(12-16)28-25(33-23)18-8-9-22(32-4)20(13-18)29-26(34)30-24(31)17-6-5-15(3)19(27)11-17/h5-14H,1-4H3,(H2,29,30,31,34). The Balaban J connectivity index is 1.56. The maximum absolute atomic E-state index is 12.6. The van der Waals surface area contributed by atoms with Crippen molar-refractivity contribution in [2.45, 2.75) is 26.7 Å². The summed E-state index contributed by atoms with van der Waals surface area (Å²) in [7, 11) is 1.56. The second-order valence-electron chi connectivity index (χ2n) is 8.19. The monoisotopic (exact) mass is 493 g/mol. The van der Waals surface area contributed by atoms with E-state index in [9.17, 15) is 4.79 Å². The van der Waals surface area contributed by atoms with E-state index in [-0.39, 0.29) is 11.0 Å². The van der Waals surface area contributed by atoms with E-state index in [4.69, 9.17) is 33.0 Å². The minimum absolute atomic E-state index is 0.122. The lowest BCUT2D eigenvalue weighted by molar-refractivity contribution is 0.0977. The summed E-state index contributed by atoms with van der Waals surface area (Å²) in [6.07, 6.45) is 0. The van der Waals surface area contributed by atoms with Crippen molar-refractivity contribution in [3.05, 3.63) is 76.3 Å². The predicted octanol–water partition coefficient (Wildman–Crippen LogP) is 6.72. The Labute approximate surface area is 208 Å². The van der Waals surface area contributed by atoms with Crippen molar-refractivity contribution in [1.29, 1.82) is 0 Å². The lowest BCUT2D eigenvalue weighted by Gasteiger charge is -2.14. The maximum atomic E-state index is 12.6. The number of thiocarbonyl (C=S) groups is 1. The van der Waals surface area contributed by atoms with Crippen LogP contribution in [-0.2, 0) is 0 Å². The SMILES string of the molecule is COc1ccc(-c2nc3cc(C(C)C)ccc3o2)cc1NC(=S)NC(=O)c1ccc(C)c(Cl)c1. The third-order valence-corrected chi connectivity index (χ3v) is 6.05. The minimum atomic E-state index is -0.366. The molecule has 0 saturated heterocycles. The molecule has 0 radical (unpaired) electrons. The van der Waals surface area contributed by atoms with E-state index >= 15 is 0 Å². The number of carbonyl (C=O) groups is 1. The number of fused-ring (bicyclic) bond motifs is 1. The molecule has 0 aliphatic carbocycles. The van der Waals surface area contributed by atoms with Crippen molar-refractivity contribution >= 4 is 51.6 Å². The Hall–Kier alpha value is -3.42. The number of amides is 1. The number of rotatable bonds is 5. The largest absolute Gasteiger partial charge is 0.495 e. The Morgan fingerprint density at radius 1 is 1.12 bits per heavy atom.